The minimum absolute atomic E-state index is 0.0763. The van der Waals surface area contributed by atoms with Gasteiger partial charge in [-0.25, -0.2) is 9.18 Å². The van der Waals surface area contributed by atoms with E-state index in [2.05, 4.69) is 10.6 Å². The summed E-state index contributed by atoms with van der Waals surface area (Å²) in [4.78, 5) is 35.1. The van der Waals surface area contributed by atoms with Gasteiger partial charge < -0.3 is 15.7 Å². The van der Waals surface area contributed by atoms with E-state index in [1.807, 2.05) is 13.8 Å². The molecule has 0 aliphatic carbocycles. The van der Waals surface area contributed by atoms with Crippen LogP contribution in [0.4, 0.5) is 4.39 Å². The zero-order valence-corrected chi connectivity index (χ0v) is 14.5. The molecule has 0 aliphatic heterocycles. The lowest BCUT2D eigenvalue weighted by molar-refractivity contribution is -0.142. The first kappa shape index (κ1) is 20.3. The second-order valence-corrected chi connectivity index (χ2v) is 5.97. The van der Waals surface area contributed by atoms with E-state index in [1.165, 1.54) is 25.1 Å². The lowest BCUT2D eigenvalue weighted by Gasteiger charge is -2.21. The van der Waals surface area contributed by atoms with E-state index in [0.29, 0.717) is 0 Å². The van der Waals surface area contributed by atoms with Gasteiger partial charge in [-0.1, -0.05) is 29.8 Å². The van der Waals surface area contributed by atoms with Crippen LogP contribution in [-0.4, -0.2) is 35.0 Å². The number of aliphatic carboxylic acids is 1. The molecule has 1 aromatic carbocycles. The molecule has 0 bridgehead atoms. The predicted octanol–water partition coefficient (Wildman–Crippen LogP) is 1.80. The van der Waals surface area contributed by atoms with E-state index in [9.17, 15) is 23.9 Å². The van der Waals surface area contributed by atoms with Crippen molar-refractivity contribution in [3.63, 3.8) is 0 Å². The number of carboxylic acid groups (broad SMARTS) is 1. The molecule has 6 nitrogen and oxygen atoms in total. The van der Waals surface area contributed by atoms with Crippen LogP contribution >= 0.6 is 0 Å². The zero-order chi connectivity index (χ0) is 19.0. The van der Waals surface area contributed by atoms with Crippen molar-refractivity contribution in [3.05, 3.63) is 47.3 Å². The maximum atomic E-state index is 13.8. The van der Waals surface area contributed by atoms with Crippen molar-refractivity contribution in [1.82, 2.24) is 10.6 Å². The molecule has 1 rings (SSSR count). The van der Waals surface area contributed by atoms with Crippen LogP contribution in [-0.2, 0) is 20.8 Å². The van der Waals surface area contributed by atoms with Gasteiger partial charge in [-0.05, 0) is 31.9 Å². The number of halogens is 1. The van der Waals surface area contributed by atoms with Gasteiger partial charge in [0.15, 0.2) is 0 Å². The summed E-state index contributed by atoms with van der Waals surface area (Å²) >= 11 is 0. The Kier molecular flexibility index (Phi) is 7.78. The minimum Gasteiger partial charge on any atom is -0.480 e. The van der Waals surface area contributed by atoms with Crippen molar-refractivity contribution >= 4 is 17.8 Å². The number of amides is 2. The normalized spacial score (nSPS) is 12.6. The highest BCUT2D eigenvalue weighted by molar-refractivity contribution is 5.90. The van der Waals surface area contributed by atoms with Crippen molar-refractivity contribution in [2.45, 2.75) is 45.7 Å². The molecule has 2 atom stereocenters. The van der Waals surface area contributed by atoms with Crippen LogP contribution in [0.1, 0.15) is 32.8 Å². The van der Waals surface area contributed by atoms with Crippen LogP contribution in [0.2, 0.25) is 0 Å². The van der Waals surface area contributed by atoms with Crippen molar-refractivity contribution in [2.24, 2.45) is 0 Å². The number of hydrogen-bond acceptors (Lipinski definition) is 3. The molecule has 25 heavy (non-hydrogen) atoms. The highest BCUT2D eigenvalue weighted by atomic mass is 19.1. The smallest absolute Gasteiger partial charge is 0.326 e. The Hall–Kier alpha value is -2.70. The molecule has 0 saturated carbocycles. The fourth-order valence-electron chi connectivity index (χ4n) is 2.19. The number of rotatable bonds is 8. The maximum absolute atomic E-state index is 13.8. The number of nitrogens with one attached hydrogen (secondary N) is 2. The Morgan fingerprint density at radius 2 is 1.76 bits per heavy atom. The SMILES string of the molecule is CC(=O)N[C@H](Cc1ccccc1F)C(=O)N[C@H](CC=C(C)C)C(=O)O. The molecule has 0 fully saturated rings. The first-order valence-corrected chi connectivity index (χ1v) is 7.87. The lowest BCUT2D eigenvalue weighted by atomic mass is 10.0. The molecular weight excluding hydrogens is 327 g/mol. The third kappa shape index (κ3) is 7.15. The number of carbonyl (C=O) groups is 3. The monoisotopic (exact) mass is 350 g/mol. The van der Waals surface area contributed by atoms with Gasteiger partial charge >= 0.3 is 5.97 Å². The van der Waals surface area contributed by atoms with E-state index < -0.39 is 35.7 Å². The highest BCUT2D eigenvalue weighted by Gasteiger charge is 2.26. The van der Waals surface area contributed by atoms with Gasteiger partial charge in [0.2, 0.25) is 11.8 Å². The topological polar surface area (TPSA) is 95.5 Å². The quantitative estimate of drug-likeness (QED) is 0.623. The zero-order valence-electron chi connectivity index (χ0n) is 14.5. The van der Waals surface area contributed by atoms with E-state index in [1.54, 1.807) is 12.1 Å². The van der Waals surface area contributed by atoms with E-state index in [0.717, 1.165) is 5.57 Å². The molecule has 2 amide bonds. The van der Waals surface area contributed by atoms with E-state index in [4.69, 9.17) is 0 Å². The lowest BCUT2D eigenvalue weighted by Crippen LogP contribution is -2.52. The van der Waals surface area contributed by atoms with E-state index >= 15 is 0 Å². The van der Waals surface area contributed by atoms with Gasteiger partial charge in [0.25, 0.3) is 0 Å². The van der Waals surface area contributed by atoms with Gasteiger partial charge in [-0.3, -0.25) is 9.59 Å². The molecule has 0 aliphatic rings. The number of benzene rings is 1. The van der Waals surface area contributed by atoms with E-state index in [-0.39, 0.29) is 18.4 Å². The summed E-state index contributed by atoms with van der Waals surface area (Å²) in [6.45, 7) is 4.87. The first-order chi connectivity index (χ1) is 11.7. The number of hydrogen-bond donors (Lipinski definition) is 3. The average Bonchev–Trinajstić information content (AvgIpc) is 2.51. The molecule has 0 saturated heterocycles. The summed E-state index contributed by atoms with van der Waals surface area (Å²) in [5.74, 6) is -2.82. The number of carbonyl (C=O) groups excluding carboxylic acids is 2. The average molecular weight is 350 g/mol. The molecule has 0 spiro atoms. The largest absolute Gasteiger partial charge is 0.480 e. The van der Waals surface area contributed by atoms with Gasteiger partial charge in [-0.15, -0.1) is 0 Å². The minimum atomic E-state index is -1.18. The molecule has 0 aromatic heterocycles. The fraction of sp³-hybridized carbons (Fsp3) is 0.389. The highest BCUT2D eigenvalue weighted by Crippen LogP contribution is 2.10. The number of allylic oxidation sites excluding steroid dienone is 1. The van der Waals surface area contributed by atoms with Crippen LogP contribution in [0, 0.1) is 5.82 Å². The molecule has 0 heterocycles. The third-order valence-electron chi connectivity index (χ3n) is 3.45. The molecule has 1 aromatic rings. The van der Waals surface area contributed by atoms with Crippen molar-refractivity contribution in [2.75, 3.05) is 0 Å². The maximum Gasteiger partial charge on any atom is 0.326 e. The van der Waals surface area contributed by atoms with Crippen LogP contribution in [0.3, 0.4) is 0 Å². The Bertz CT molecular complexity index is 669. The van der Waals surface area contributed by atoms with Crippen LogP contribution in [0.5, 0.6) is 0 Å². The van der Waals surface area contributed by atoms with Crippen molar-refractivity contribution < 1.29 is 23.9 Å². The summed E-state index contributed by atoms with van der Waals surface area (Å²) in [5.41, 5.74) is 1.18. The predicted molar refractivity (Wildman–Crippen MR) is 91.3 cm³/mol. The van der Waals surface area contributed by atoms with Gasteiger partial charge in [0.05, 0.1) is 0 Å². The molecular formula is C18H23FN2O4. The second kappa shape index (κ2) is 9.56. The van der Waals surface area contributed by atoms with Gasteiger partial charge in [0.1, 0.15) is 17.9 Å². The molecule has 136 valence electrons. The van der Waals surface area contributed by atoms with Gasteiger partial charge in [0, 0.05) is 13.3 Å². The summed E-state index contributed by atoms with van der Waals surface area (Å²) in [6.07, 6.45) is 1.74. The number of carboxylic acids is 1. The van der Waals surface area contributed by atoms with Gasteiger partial charge in [-0.2, -0.15) is 0 Å². The Morgan fingerprint density at radius 3 is 2.28 bits per heavy atom. The van der Waals surface area contributed by atoms with Crippen LogP contribution < -0.4 is 10.6 Å². The second-order valence-electron chi connectivity index (χ2n) is 5.97. The Balaban J connectivity index is 2.91. The molecule has 3 N–H and O–H groups in total. The van der Waals surface area contributed by atoms with Crippen molar-refractivity contribution in [1.29, 1.82) is 0 Å². The summed E-state index contributed by atoms with van der Waals surface area (Å²) in [7, 11) is 0. The summed E-state index contributed by atoms with van der Waals surface area (Å²) in [6, 6.07) is 3.71. The fourth-order valence-corrected chi connectivity index (χ4v) is 2.19. The Labute approximate surface area is 146 Å². The molecule has 7 heteroatoms. The summed E-state index contributed by atoms with van der Waals surface area (Å²) in [5, 5.41) is 14.1. The van der Waals surface area contributed by atoms with Crippen LogP contribution in [0.25, 0.3) is 0 Å². The van der Waals surface area contributed by atoms with Crippen LogP contribution in [0.15, 0.2) is 35.9 Å². The molecule has 0 radical (unpaired) electrons. The Morgan fingerprint density at radius 1 is 1.12 bits per heavy atom. The molecule has 0 unspecified atom stereocenters. The standard InChI is InChI=1S/C18H23FN2O4/c1-11(2)8-9-15(18(24)25)21-17(23)16(20-12(3)22)10-13-6-4-5-7-14(13)19/h4-8,15-16H,9-10H2,1-3H3,(H,20,22)(H,21,23)(H,24,25)/t15-,16-/m1/s1. The van der Waals surface area contributed by atoms with Crippen molar-refractivity contribution in [3.8, 4) is 0 Å². The first-order valence-electron chi connectivity index (χ1n) is 7.87. The summed E-state index contributed by atoms with van der Waals surface area (Å²) < 4.78 is 13.8. The third-order valence-corrected chi connectivity index (χ3v) is 3.45.